The summed E-state index contributed by atoms with van der Waals surface area (Å²) in [6, 6.07) is 5.43. The summed E-state index contributed by atoms with van der Waals surface area (Å²) in [5, 5.41) is 31.3. The van der Waals surface area contributed by atoms with Crippen LogP contribution < -0.4 is 32.3 Å². The van der Waals surface area contributed by atoms with Gasteiger partial charge in [0.05, 0.1) is 44.2 Å². The first-order valence-electron chi connectivity index (χ1n) is 16.5. The highest BCUT2D eigenvalue weighted by Gasteiger charge is 2.29. The number of carboxylic acid groups (broad SMARTS) is 2. The Morgan fingerprint density at radius 3 is 1.83 bits per heavy atom. The Hall–Kier alpha value is -5.66. The van der Waals surface area contributed by atoms with Crippen molar-refractivity contribution in [1.82, 2.24) is 46.5 Å². The number of carbonyl (C=O) groups excluding carboxylic acids is 5. The quantitative estimate of drug-likeness (QED) is 0.0620. The number of carboxylic acids is 2. The molecule has 0 saturated carbocycles. The molecule has 2 aromatic heterocycles. The lowest BCUT2D eigenvalue weighted by atomic mass is 10.0. The molecule has 3 rings (SSSR count). The van der Waals surface area contributed by atoms with E-state index >= 15 is 0 Å². The maximum Gasteiger partial charge on any atom is 0.326 e. The molecule has 288 valence electrons. The van der Waals surface area contributed by atoms with Crippen molar-refractivity contribution in [1.29, 1.82) is 0 Å². The minimum atomic E-state index is -1.74. The number of quaternary nitrogens is 1. The molecule has 0 aliphatic rings. The number of amides is 4. The SMILES string of the molecule is CC(C)C[C@@H](C[NH3+])NC(=O)c1nc[nH]c1C(=O)N[C@@H](Cc1ccccc1)C(=O)CNC[C@H](C)NC(=O)c1nc[nH]c1C(=O)N[C@@H](CC(=O)O)C(=O)O.Cl. The second-order valence-corrected chi connectivity index (χ2v) is 12.5. The molecule has 0 saturated heterocycles. The summed E-state index contributed by atoms with van der Waals surface area (Å²) in [5.74, 6) is -6.20. The molecule has 4 atom stereocenters. The van der Waals surface area contributed by atoms with Crippen molar-refractivity contribution >= 4 is 53.8 Å². The van der Waals surface area contributed by atoms with Crippen molar-refractivity contribution in [3.63, 3.8) is 0 Å². The van der Waals surface area contributed by atoms with E-state index in [1.807, 2.05) is 25.2 Å². The van der Waals surface area contributed by atoms with Gasteiger partial charge in [0.25, 0.3) is 23.6 Å². The lowest BCUT2D eigenvalue weighted by Crippen LogP contribution is -2.60. The summed E-state index contributed by atoms with van der Waals surface area (Å²) in [6.07, 6.45) is 2.22. The normalized spacial score (nSPS) is 13.1. The second kappa shape index (κ2) is 21.0. The van der Waals surface area contributed by atoms with Crippen LogP contribution in [-0.2, 0) is 20.8 Å². The number of ketones is 1. The van der Waals surface area contributed by atoms with Gasteiger partial charge in [0.2, 0.25) is 0 Å². The third kappa shape index (κ3) is 13.4. The Balaban J connectivity index is 0.00000972. The molecule has 0 aliphatic heterocycles. The first-order valence-corrected chi connectivity index (χ1v) is 16.5. The predicted molar refractivity (Wildman–Crippen MR) is 190 cm³/mol. The number of aliphatic carboxylic acids is 2. The number of carbonyl (C=O) groups is 7. The van der Waals surface area contributed by atoms with Crippen LogP contribution in [0.5, 0.6) is 0 Å². The molecule has 1 aromatic carbocycles. The highest BCUT2D eigenvalue weighted by molar-refractivity contribution is 6.07. The summed E-state index contributed by atoms with van der Waals surface area (Å²) in [4.78, 5) is 101. The smallest absolute Gasteiger partial charge is 0.326 e. The number of nitrogens with zero attached hydrogens (tertiary/aromatic N) is 2. The summed E-state index contributed by atoms with van der Waals surface area (Å²) < 4.78 is 0. The number of aromatic nitrogens is 4. The van der Waals surface area contributed by atoms with Gasteiger partial charge < -0.3 is 52.5 Å². The van der Waals surface area contributed by atoms with Crippen LogP contribution in [0.4, 0.5) is 0 Å². The predicted octanol–water partition coefficient (Wildman–Crippen LogP) is -1.08. The number of hydrogen-bond donors (Lipinski definition) is 10. The molecule has 20 heteroatoms. The minimum absolute atomic E-state index is 0. The van der Waals surface area contributed by atoms with Crippen molar-refractivity contribution in [2.45, 2.75) is 64.2 Å². The van der Waals surface area contributed by atoms with E-state index in [0.29, 0.717) is 18.9 Å². The number of halogens is 1. The van der Waals surface area contributed by atoms with Gasteiger partial charge >= 0.3 is 11.9 Å². The Morgan fingerprint density at radius 2 is 1.32 bits per heavy atom. The average molecular weight is 762 g/mol. The van der Waals surface area contributed by atoms with Crippen molar-refractivity contribution in [3.8, 4) is 0 Å². The van der Waals surface area contributed by atoms with Crippen LogP contribution in [0, 0.1) is 5.92 Å². The summed E-state index contributed by atoms with van der Waals surface area (Å²) >= 11 is 0. The van der Waals surface area contributed by atoms with Crippen LogP contribution in [-0.4, -0.2) is 115 Å². The first-order chi connectivity index (χ1) is 24.7. The molecule has 2 heterocycles. The van der Waals surface area contributed by atoms with Gasteiger partial charge in [0.1, 0.15) is 17.4 Å². The largest absolute Gasteiger partial charge is 0.481 e. The van der Waals surface area contributed by atoms with Crippen molar-refractivity contribution < 1.29 is 49.5 Å². The topological polar surface area (TPSA) is 305 Å². The standard InChI is InChI=1S/C33H44N10O9.ClH/c1-17(2)9-20(12-34)41-30(48)26-28(39-16-37-26)31(49)42-21(10-19-7-5-4-6-8-19)23(44)14-35-13-18(3)40-29(47)25-27(38-15-36-25)32(50)43-22(33(51)52)11-24(45)46;/h4-8,15-18,20-22,35H,9-14,34H2,1-3H3,(H,36,38)(H,37,39)(H,40,47)(H,41,48)(H,42,49)(H,43,50)(H,45,46)(H,51,52);1H/p+1/t18-,20-,21-,22-;/m0./s1. The Morgan fingerprint density at radius 1 is 0.774 bits per heavy atom. The van der Waals surface area contributed by atoms with Crippen LogP contribution in [0.3, 0.4) is 0 Å². The molecule has 4 amide bonds. The lowest BCUT2D eigenvalue weighted by Gasteiger charge is -2.20. The second-order valence-electron chi connectivity index (χ2n) is 12.5. The Bertz CT molecular complexity index is 1730. The highest BCUT2D eigenvalue weighted by Crippen LogP contribution is 2.10. The van der Waals surface area contributed by atoms with Gasteiger partial charge in [0.15, 0.2) is 17.2 Å². The fourth-order valence-electron chi connectivity index (χ4n) is 5.16. The monoisotopic (exact) mass is 761 g/mol. The van der Waals surface area contributed by atoms with Crippen molar-refractivity contribution in [3.05, 3.63) is 71.3 Å². The Kier molecular flexibility index (Phi) is 17.2. The van der Waals surface area contributed by atoms with Gasteiger partial charge in [-0.3, -0.25) is 28.8 Å². The molecular weight excluding hydrogens is 716 g/mol. The minimum Gasteiger partial charge on any atom is -0.481 e. The number of rotatable bonds is 21. The third-order valence-corrected chi connectivity index (χ3v) is 7.69. The summed E-state index contributed by atoms with van der Waals surface area (Å²) in [5.41, 5.74) is 3.70. The van der Waals surface area contributed by atoms with E-state index in [1.54, 1.807) is 31.2 Å². The van der Waals surface area contributed by atoms with Gasteiger partial charge in [-0.25, -0.2) is 14.8 Å². The maximum atomic E-state index is 13.5. The van der Waals surface area contributed by atoms with Gasteiger partial charge in [-0.1, -0.05) is 44.2 Å². The molecule has 19 nitrogen and oxygen atoms in total. The summed E-state index contributed by atoms with van der Waals surface area (Å²) in [6.45, 7) is 5.96. The van der Waals surface area contributed by atoms with Gasteiger partial charge in [-0.2, -0.15) is 0 Å². The van der Waals surface area contributed by atoms with Crippen LogP contribution >= 0.6 is 12.4 Å². The van der Waals surface area contributed by atoms with E-state index in [2.05, 4.69) is 46.9 Å². The van der Waals surface area contributed by atoms with E-state index in [0.717, 1.165) is 11.9 Å². The molecular formula is C33H46ClN10O9+. The molecule has 53 heavy (non-hydrogen) atoms. The van der Waals surface area contributed by atoms with Crippen molar-refractivity contribution in [2.75, 3.05) is 19.6 Å². The molecule has 0 fully saturated rings. The fraction of sp³-hybridized carbons (Fsp3) is 0.424. The molecule has 0 spiro atoms. The zero-order chi connectivity index (χ0) is 38.4. The zero-order valence-corrected chi connectivity index (χ0v) is 30.2. The van der Waals surface area contributed by atoms with Crippen molar-refractivity contribution in [2.24, 2.45) is 5.92 Å². The molecule has 0 radical (unpaired) electrons. The van der Waals surface area contributed by atoms with Crippen LogP contribution in [0.2, 0.25) is 0 Å². The number of hydrogen-bond acceptors (Lipinski definition) is 10. The van der Waals surface area contributed by atoms with Crippen LogP contribution in [0.25, 0.3) is 0 Å². The maximum absolute atomic E-state index is 13.5. The third-order valence-electron chi connectivity index (χ3n) is 7.69. The lowest BCUT2D eigenvalue weighted by molar-refractivity contribution is -0.373. The van der Waals surface area contributed by atoms with Crippen LogP contribution in [0.1, 0.15) is 81.1 Å². The fourth-order valence-corrected chi connectivity index (χ4v) is 5.16. The molecule has 0 aliphatic carbocycles. The number of Topliss-reactive ketones (excluding diaryl/α,β-unsaturated/α-hetero) is 1. The zero-order valence-electron chi connectivity index (χ0n) is 29.4. The van der Waals surface area contributed by atoms with Gasteiger partial charge in [-0.15, -0.1) is 12.4 Å². The molecule has 0 unspecified atom stereocenters. The number of nitrogens with one attached hydrogen (secondary N) is 7. The highest BCUT2D eigenvalue weighted by atomic mass is 35.5. The average Bonchev–Trinajstić information content (AvgIpc) is 3.78. The van der Waals surface area contributed by atoms with E-state index in [-0.39, 0.29) is 60.7 Å². The van der Waals surface area contributed by atoms with E-state index in [9.17, 15) is 38.7 Å². The Labute approximate surface area is 310 Å². The number of H-pyrrole nitrogens is 2. The van der Waals surface area contributed by atoms with Gasteiger partial charge in [0, 0.05) is 12.6 Å². The van der Waals surface area contributed by atoms with Gasteiger partial charge in [-0.05, 0) is 31.2 Å². The van der Waals surface area contributed by atoms with E-state index in [4.69, 9.17) is 5.11 Å². The molecule has 12 N–H and O–H groups in total. The van der Waals surface area contributed by atoms with E-state index < -0.39 is 65.9 Å². The number of benzene rings is 1. The number of imidazole rings is 2. The molecule has 3 aromatic rings. The number of aromatic amines is 2. The van der Waals surface area contributed by atoms with E-state index in [1.165, 1.54) is 6.33 Å². The van der Waals surface area contributed by atoms with Crippen LogP contribution in [0.15, 0.2) is 43.0 Å². The summed E-state index contributed by atoms with van der Waals surface area (Å²) in [7, 11) is 0. The molecule has 0 bridgehead atoms. The first kappa shape index (κ1) is 43.5.